The largest absolute Gasteiger partial charge is 0.457 e. The molecule has 2 aromatic heterocycles. The summed E-state index contributed by atoms with van der Waals surface area (Å²) in [5.41, 5.74) is 2.64. The molecule has 0 bridgehead atoms. The Balaban J connectivity index is 1.48. The fraction of sp³-hybridized carbons (Fsp3) is 0.333. The maximum atomic E-state index is 12.4. The summed E-state index contributed by atoms with van der Waals surface area (Å²) in [6.45, 7) is -0.0782. The Bertz CT molecular complexity index is 1110. The van der Waals surface area contributed by atoms with Crippen molar-refractivity contribution in [2.45, 2.75) is 30.6 Å². The predicted molar refractivity (Wildman–Crippen MR) is 96.7 cm³/mol. The third-order valence-electron chi connectivity index (χ3n) is 4.49. The van der Waals surface area contributed by atoms with Gasteiger partial charge < -0.3 is 13.7 Å². The average Bonchev–Trinajstić information content (AvgIpc) is 3.21. The highest BCUT2D eigenvalue weighted by Gasteiger charge is 2.25. The van der Waals surface area contributed by atoms with Crippen LogP contribution in [0.4, 0.5) is 0 Å². The summed E-state index contributed by atoms with van der Waals surface area (Å²) in [6.07, 6.45) is 5.32. The van der Waals surface area contributed by atoms with E-state index in [9.17, 15) is 13.2 Å². The second-order valence-corrected chi connectivity index (χ2v) is 8.81. The first kappa shape index (κ1) is 17.7. The van der Waals surface area contributed by atoms with Gasteiger partial charge in [0.1, 0.15) is 6.61 Å². The molecule has 1 aliphatic rings. The highest BCUT2D eigenvalue weighted by atomic mass is 32.2. The van der Waals surface area contributed by atoms with Crippen LogP contribution < -0.4 is 0 Å². The monoisotopic (exact) mass is 389 g/mol. The molecule has 0 atom stereocenters. The zero-order valence-corrected chi connectivity index (χ0v) is 15.8. The van der Waals surface area contributed by atoms with Crippen molar-refractivity contribution in [1.29, 1.82) is 0 Å². The first-order valence-corrected chi connectivity index (χ1v) is 9.94. The summed E-state index contributed by atoms with van der Waals surface area (Å²) in [7, 11) is -0.822. The summed E-state index contributed by atoms with van der Waals surface area (Å²) in [6, 6.07) is 7.06. The fourth-order valence-corrected chi connectivity index (χ4v) is 3.60. The molecule has 4 rings (SSSR count). The molecule has 0 amide bonds. The van der Waals surface area contributed by atoms with Crippen LogP contribution in [0.2, 0.25) is 0 Å². The number of aromatic nitrogens is 2. The normalized spacial score (nSPS) is 14.8. The molecule has 0 aliphatic heterocycles. The Kier molecular flexibility index (Phi) is 4.27. The smallest absolute Gasteiger partial charge is 0.338 e. The molecule has 0 N–H and O–H groups in total. The van der Waals surface area contributed by atoms with Crippen LogP contribution in [0.5, 0.6) is 0 Å². The van der Waals surface area contributed by atoms with Crippen LogP contribution >= 0.6 is 0 Å². The Morgan fingerprint density at radius 3 is 2.81 bits per heavy atom. The molecule has 2 heterocycles. The molecule has 3 aromatic rings. The highest BCUT2D eigenvalue weighted by molar-refractivity contribution is 7.88. The lowest BCUT2D eigenvalue weighted by Gasteiger charge is -2.07. The molecule has 27 heavy (non-hydrogen) atoms. The van der Waals surface area contributed by atoms with Crippen molar-refractivity contribution in [3.05, 3.63) is 48.0 Å². The van der Waals surface area contributed by atoms with Crippen molar-refractivity contribution in [3.8, 4) is 0 Å². The molecule has 1 aromatic carbocycles. The van der Waals surface area contributed by atoms with E-state index in [4.69, 9.17) is 9.15 Å². The first-order chi connectivity index (χ1) is 12.9. The standard InChI is InChI=1S/C18H19N3O5S/c1-20(2)27(23,24)17-7-12(9-25-17)10-26-18(22)13-3-6-15-16(8-13)21(11-19-15)14-4-5-14/h3,6-9,11,14H,4-5,10H2,1-2H3. The van der Waals surface area contributed by atoms with E-state index >= 15 is 0 Å². The van der Waals surface area contributed by atoms with Gasteiger partial charge in [0.05, 0.1) is 29.2 Å². The molecule has 0 radical (unpaired) electrons. The van der Waals surface area contributed by atoms with Gasteiger partial charge in [0.2, 0.25) is 5.09 Å². The van der Waals surface area contributed by atoms with Crippen LogP contribution in [0.25, 0.3) is 11.0 Å². The number of rotatable bonds is 6. The van der Waals surface area contributed by atoms with Crippen LogP contribution in [0.3, 0.4) is 0 Å². The number of esters is 1. The second kappa shape index (κ2) is 6.50. The highest BCUT2D eigenvalue weighted by Crippen LogP contribution is 2.37. The third-order valence-corrected chi connectivity index (χ3v) is 6.17. The lowest BCUT2D eigenvalue weighted by atomic mass is 10.2. The number of ether oxygens (including phenoxy) is 1. The minimum atomic E-state index is -3.66. The van der Waals surface area contributed by atoms with Crippen LogP contribution in [0.15, 0.2) is 46.4 Å². The van der Waals surface area contributed by atoms with Gasteiger partial charge in [0, 0.05) is 31.8 Å². The molecule has 0 unspecified atom stereocenters. The molecule has 0 saturated heterocycles. The number of fused-ring (bicyclic) bond motifs is 1. The molecule has 8 nitrogen and oxygen atoms in total. The van der Waals surface area contributed by atoms with Gasteiger partial charge in [-0.25, -0.2) is 22.5 Å². The Labute approximate surface area is 156 Å². The average molecular weight is 389 g/mol. The Morgan fingerprint density at radius 1 is 1.33 bits per heavy atom. The fourth-order valence-electron chi connectivity index (χ4n) is 2.77. The third kappa shape index (κ3) is 3.35. The van der Waals surface area contributed by atoms with Crippen LogP contribution in [-0.2, 0) is 21.4 Å². The maximum Gasteiger partial charge on any atom is 0.338 e. The summed E-state index contributed by atoms with van der Waals surface area (Å²) in [4.78, 5) is 16.7. The second-order valence-electron chi connectivity index (χ2n) is 6.72. The Hall–Kier alpha value is -2.65. The minimum Gasteiger partial charge on any atom is -0.457 e. The number of carbonyl (C=O) groups is 1. The number of carbonyl (C=O) groups excluding carboxylic acids is 1. The minimum absolute atomic E-state index is 0.0782. The molecule has 1 aliphatic carbocycles. The van der Waals surface area contributed by atoms with Gasteiger partial charge in [-0.3, -0.25) is 0 Å². The molecule has 9 heteroatoms. The molecular weight excluding hydrogens is 370 g/mol. The van der Waals surface area contributed by atoms with Crippen LogP contribution in [0.1, 0.15) is 34.8 Å². The molecule has 1 fully saturated rings. The van der Waals surface area contributed by atoms with Crippen molar-refractivity contribution in [2.75, 3.05) is 14.1 Å². The topological polar surface area (TPSA) is 94.6 Å². The summed E-state index contributed by atoms with van der Waals surface area (Å²) < 4.78 is 37.6. The number of nitrogens with zero attached hydrogens (tertiary/aromatic N) is 3. The van der Waals surface area contributed by atoms with Crippen LogP contribution in [0, 0.1) is 0 Å². The van der Waals surface area contributed by atoms with Crippen molar-refractivity contribution in [3.63, 3.8) is 0 Å². The number of hydrogen-bond acceptors (Lipinski definition) is 6. The lowest BCUT2D eigenvalue weighted by molar-refractivity contribution is 0.0472. The quantitative estimate of drug-likeness (QED) is 0.602. The van der Waals surface area contributed by atoms with Gasteiger partial charge in [0.25, 0.3) is 10.0 Å². The number of furan rings is 1. The van der Waals surface area contributed by atoms with Gasteiger partial charge in [-0.2, -0.15) is 0 Å². The van der Waals surface area contributed by atoms with E-state index in [1.54, 1.807) is 24.5 Å². The van der Waals surface area contributed by atoms with E-state index in [1.807, 2.05) is 0 Å². The van der Waals surface area contributed by atoms with Crippen molar-refractivity contribution >= 4 is 27.0 Å². The zero-order valence-electron chi connectivity index (χ0n) is 15.0. The van der Waals surface area contributed by atoms with E-state index in [-0.39, 0.29) is 11.7 Å². The van der Waals surface area contributed by atoms with Gasteiger partial charge >= 0.3 is 5.97 Å². The summed E-state index contributed by atoms with van der Waals surface area (Å²) >= 11 is 0. The van der Waals surface area contributed by atoms with E-state index < -0.39 is 16.0 Å². The SMILES string of the molecule is CN(C)S(=O)(=O)c1cc(COC(=O)c2ccc3ncn(C4CC4)c3c2)co1. The number of imidazole rings is 1. The maximum absolute atomic E-state index is 12.4. The van der Waals surface area contributed by atoms with Crippen molar-refractivity contribution in [2.24, 2.45) is 0 Å². The van der Waals surface area contributed by atoms with Gasteiger partial charge in [-0.1, -0.05) is 0 Å². The van der Waals surface area contributed by atoms with Crippen molar-refractivity contribution < 1.29 is 22.4 Å². The van der Waals surface area contributed by atoms with Crippen molar-refractivity contribution in [1.82, 2.24) is 13.9 Å². The zero-order chi connectivity index (χ0) is 19.2. The van der Waals surface area contributed by atoms with E-state index in [1.165, 1.54) is 26.4 Å². The molecule has 142 valence electrons. The lowest BCUT2D eigenvalue weighted by Crippen LogP contribution is -2.21. The molecular formula is C18H19N3O5S. The van der Waals surface area contributed by atoms with Gasteiger partial charge in [0.15, 0.2) is 0 Å². The molecule has 0 spiro atoms. The summed E-state index contributed by atoms with van der Waals surface area (Å²) in [5, 5.41) is -0.187. The Morgan fingerprint density at radius 2 is 2.11 bits per heavy atom. The number of benzene rings is 1. The van der Waals surface area contributed by atoms with Gasteiger partial charge in [-0.15, -0.1) is 0 Å². The van der Waals surface area contributed by atoms with E-state index in [2.05, 4.69) is 9.55 Å². The van der Waals surface area contributed by atoms with E-state index in [0.29, 0.717) is 17.2 Å². The van der Waals surface area contributed by atoms with Gasteiger partial charge in [-0.05, 0) is 31.0 Å². The first-order valence-electron chi connectivity index (χ1n) is 8.50. The molecule has 1 saturated carbocycles. The van der Waals surface area contributed by atoms with E-state index in [0.717, 1.165) is 28.2 Å². The van der Waals surface area contributed by atoms with Crippen LogP contribution in [-0.4, -0.2) is 42.3 Å². The number of hydrogen-bond donors (Lipinski definition) is 0. The number of sulfonamides is 1. The summed E-state index contributed by atoms with van der Waals surface area (Å²) in [5.74, 6) is -0.487. The predicted octanol–water partition coefficient (Wildman–Crippen LogP) is 2.57.